The summed E-state index contributed by atoms with van der Waals surface area (Å²) in [5.41, 5.74) is 0. The molecule has 0 rings (SSSR count). The van der Waals surface area contributed by atoms with Gasteiger partial charge in [0.2, 0.25) is 5.91 Å². The molecule has 0 fully saturated rings. The van der Waals surface area contributed by atoms with E-state index in [1.807, 2.05) is 13.0 Å². The highest BCUT2D eigenvalue weighted by atomic mass is 16.1. The second-order valence-corrected chi connectivity index (χ2v) is 2.75. The normalized spacial score (nSPS) is 11.2. The molecule has 1 amide bonds. The Bertz CT molecular complexity index is 183. The van der Waals surface area contributed by atoms with Gasteiger partial charge < -0.3 is 5.32 Å². The lowest BCUT2D eigenvalue weighted by Gasteiger charge is -1.93. The molecule has 0 spiro atoms. The van der Waals surface area contributed by atoms with Crippen LogP contribution in [0.15, 0.2) is 24.3 Å². The number of hydrogen-bond donors (Lipinski definition) is 1. The number of amides is 1. The smallest absolute Gasteiger partial charge is 0.243 e. The first kappa shape index (κ1) is 11.9. The zero-order chi connectivity index (χ0) is 9.94. The summed E-state index contributed by atoms with van der Waals surface area (Å²) in [6.07, 6.45) is 10.8. The van der Waals surface area contributed by atoms with Gasteiger partial charge in [-0.2, -0.15) is 0 Å². The molecule has 2 heteroatoms. The highest BCUT2D eigenvalue weighted by Gasteiger charge is 1.88. The first-order valence-electron chi connectivity index (χ1n) is 4.90. The van der Waals surface area contributed by atoms with Crippen molar-refractivity contribution >= 4 is 5.91 Å². The Balaban J connectivity index is 3.40. The third kappa shape index (κ3) is 8.86. The monoisotopic (exact) mass is 181 g/mol. The number of nitrogens with one attached hydrogen (secondary N) is 1. The summed E-state index contributed by atoms with van der Waals surface area (Å²) >= 11 is 0. The topological polar surface area (TPSA) is 29.1 Å². The number of unbranched alkanes of at least 4 members (excludes halogenated alkanes) is 1. The Labute approximate surface area is 80.7 Å². The van der Waals surface area contributed by atoms with Crippen LogP contribution < -0.4 is 5.32 Å². The van der Waals surface area contributed by atoms with Crippen LogP contribution in [-0.2, 0) is 4.79 Å². The van der Waals surface area contributed by atoms with Crippen LogP contribution in [0.25, 0.3) is 0 Å². The van der Waals surface area contributed by atoms with Crippen LogP contribution in [0.5, 0.6) is 0 Å². The third-order valence-corrected chi connectivity index (χ3v) is 1.52. The molecule has 0 bridgehead atoms. The number of carbonyl (C=O) groups excluding carboxylic acids is 1. The molecule has 0 heterocycles. The lowest BCUT2D eigenvalue weighted by atomic mass is 10.2. The molecule has 0 saturated heterocycles. The standard InChI is InChI=1S/C11H19NO/c1-3-5-6-7-8-9-10-11(13)12-4-2/h5-6,9-10H,3-4,7-8H2,1-2H3,(H,12,13)/b6-5-,10-9+. The van der Waals surface area contributed by atoms with Gasteiger partial charge in [0.05, 0.1) is 0 Å². The summed E-state index contributed by atoms with van der Waals surface area (Å²) in [5, 5.41) is 2.70. The van der Waals surface area contributed by atoms with Crippen molar-refractivity contribution < 1.29 is 4.79 Å². The van der Waals surface area contributed by atoms with Gasteiger partial charge in [-0.3, -0.25) is 4.79 Å². The van der Waals surface area contributed by atoms with Gasteiger partial charge in [-0.25, -0.2) is 0 Å². The average molecular weight is 181 g/mol. The summed E-state index contributed by atoms with van der Waals surface area (Å²) in [4.78, 5) is 10.9. The fourth-order valence-electron chi connectivity index (χ4n) is 0.900. The first-order valence-corrected chi connectivity index (χ1v) is 4.90. The van der Waals surface area contributed by atoms with Crippen molar-refractivity contribution in [2.75, 3.05) is 6.54 Å². The van der Waals surface area contributed by atoms with E-state index < -0.39 is 0 Å². The number of rotatable bonds is 6. The highest BCUT2D eigenvalue weighted by molar-refractivity contribution is 5.87. The van der Waals surface area contributed by atoms with E-state index in [0.717, 1.165) is 19.3 Å². The van der Waals surface area contributed by atoms with Crippen LogP contribution in [-0.4, -0.2) is 12.5 Å². The van der Waals surface area contributed by atoms with Gasteiger partial charge >= 0.3 is 0 Å². The Hall–Kier alpha value is -1.05. The lowest BCUT2D eigenvalue weighted by Crippen LogP contribution is -2.19. The van der Waals surface area contributed by atoms with E-state index in [1.165, 1.54) is 0 Å². The maximum absolute atomic E-state index is 10.9. The summed E-state index contributed by atoms with van der Waals surface area (Å²) < 4.78 is 0. The zero-order valence-corrected chi connectivity index (χ0v) is 8.55. The van der Waals surface area contributed by atoms with Gasteiger partial charge in [0.25, 0.3) is 0 Å². The highest BCUT2D eigenvalue weighted by Crippen LogP contribution is 1.93. The minimum atomic E-state index is 0.00183. The van der Waals surface area contributed by atoms with Crippen molar-refractivity contribution in [3.8, 4) is 0 Å². The van der Waals surface area contributed by atoms with Crippen LogP contribution in [0.1, 0.15) is 33.1 Å². The molecule has 0 aromatic carbocycles. The van der Waals surface area contributed by atoms with E-state index in [2.05, 4.69) is 24.4 Å². The molecule has 0 radical (unpaired) electrons. The van der Waals surface area contributed by atoms with Crippen molar-refractivity contribution in [2.24, 2.45) is 0 Å². The van der Waals surface area contributed by atoms with Crippen LogP contribution in [0.2, 0.25) is 0 Å². The van der Waals surface area contributed by atoms with Gasteiger partial charge in [-0.1, -0.05) is 25.2 Å². The predicted octanol–water partition coefficient (Wildman–Crippen LogP) is 2.43. The van der Waals surface area contributed by atoms with Crippen molar-refractivity contribution in [3.63, 3.8) is 0 Å². The lowest BCUT2D eigenvalue weighted by molar-refractivity contribution is -0.116. The zero-order valence-electron chi connectivity index (χ0n) is 8.55. The molecular weight excluding hydrogens is 162 g/mol. The van der Waals surface area contributed by atoms with Crippen molar-refractivity contribution in [1.82, 2.24) is 5.32 Å². The van der Waals surface area contributed by atoms with E-state index in [0.29, 0.717) is 6.54 Å². The average Bonchev–Trinajstić information content (AvgIpc) is 2.11. The molecule has 0 unspecified atom stereocenters. The van der Waals surface area contributed by atoms with Crippen molar-refractivity contribution in [2.45, 2.75) is 33.1 Å². The summed E-state index contributed by atoms with van der Waals surface area (Å²) in [5.74, 6) is 0.00183. The van der Waals surface area contributed by atoms with Crippen molar-refractivity contribution in [1.29, 1.82) is 0 Å². The molecule has 0 saturated carbocycles. The van der Waals surface area contributed by atoms with Crippen LogP contribution in [0.3, 0.4) is 0 Å². The van der Waals surface area contributed by atoms with E-state index in [4.69, 9.17) is 0 Å². The summed E-state index contributed by atoms with van der Waals surface area (Å²) in [6, 6.07) is 0. The molecule has 0 atom stereocenters. The second kappa shape index (κ2) is 9.04. The van der Waals surface area contributed by atoms with Gasteiger partial charge in [0.15, 0.2) is 0 Å². The Kier molecular flexibility index (Phi) is 8.31. The largest absolute Gasteiger partial charge is 0.353 e. The fraction of sp³-hybridized carbons (Fsp3) is 0.545. The Morgan fingerprint density at radius 2 is 1.85 bits per heavy atom. The molecule has 1 N–H and O–H groups in total. The number of allylic oxidation sites excluding steroid dienone is 3. The van der Waals surface area contributed by atoms with Crippen molar-refractivity contribution in [3.05, 3.63) is 24.3 Å². The number of likely N-dealkylation sites (N-methyl/N-ethyl adjacent to an activating group) is 1. The van der Waals surface area contributed by atoms with Crippen LogP contribution in [0.4, 0.5) is 0 Å². The number of carbonyl (C=O) groups is 1. The molecule has 0 aliphatic carbocycles. The van der Waals surface area contributed by atoms with E-state index in [-0.39, 0.29) is 5.91 Å². The fourth-order valence-corrected chi connectivity index (χ4v) is 0.900. The second-order valence-electron chi connectivity index (χ2n) is 2.75. The van der Waals surface area contributed by atoms with Gasteiger partial charge in [-0.15, -0.1) is 0 Å². The molecule has 0 aliphatic rings. The van der Waals surface area contributed by atoms with E-state index in [1.54, 1.807) is 6.08 Å². The number of hydrogen-bond acceptors (Lipinski definition) is 1. The van der Waals surface area contributed by atoms with Crippen LogP contribution >= 0.6 is 0 Å². The maximum Gasteiger partial charge on any atom is 0.243 e. The molecule has 0 aromatic rings. The maximum atomic E-state index is 10.9. The van der Waals surface area contributed by atoms with Gasteiger partial charge in [-0.05, 0) is 32.3 Å². The molecular formula is C11H19NO. The Morgan fingerprint density at radius 1 is 1.15 bits per heavy atom. The molecule has 0 aliphatic heterocycles. The quantitative estimate of drug-likeness (QED) is 0.380. The molecule has 13 heavy (non-hydrogen) atoms. The van der Waals surface area contributed by atoms with Crippen LogP contribution in [0, 0.1) is 0 Å². The van der Waals surface area contributed by atoms with E-state index >= 15 is 0 Å². The molecule has 2 nitrogen and oxygen atoms in total. The predicted molar refractivity (Wildman–Crippen MR) is 56.5 cm³/mol. The first-order chi connectivity index (χ1) is 6.31. The molecule has 74 valence electrons. The summed E-state index contributed by atoms with van der Waals surface area (Å²) in [7, 11) is 0. The minimum Gasteiger partial charge on any atom is -0.353 e. The van der Waals surface area contributed by atoms with E-state index in [9.17, 15) is 4.79 Å². The van der Waals surface area contributed by atoms with Gasteiger partial charge in [0, 0.05) is 6.54 Å². The third-order valence-electron chi connectivity index (χ3n) is 1.52. The molecule has 0 aromatic heterocycles. The minimum absolute atomic E-state index is 0.00183. The summed E-state index contributed by atoms with van der Waals surface area (Å²) in [6.45, 7) is 4.72. The SMILES string of the molecule is CC/C=C\CC/C=C/C(=O)NCC. The Morgan fingerprint density at radius 3 is 2.46 bits per heavy atom. The van der Waals surface area contributed by atoms with Gasteiger partial charge in [0.1, 0.15) is 0 Å².